The van der Waals surface area contributed by atoms with Gasteiger partial charge in [0.05, 0.1) is 24.5 Å². The molecule has 4 aromatic rings. The van der Waals surface area contributed by atoms with Gasteiger partial charge in [-0.25, -0.2) is 4.98 Å². The van der Waals surface area contributed by atoms with Crippen LogP contribution in [0.15, 0.2) is 54.9 Å². The molecule has 2 atom stereocenters. The Hall–Kier alpha value is -2.42. The molecule has 1 saturated heterocycles. The van der Waals surface area contributed by atoms with Crippen LogP contribution in [0.2, 0.25) is 15.3 Å². The Morgan fingerprint density at radius 2 is 1.48 bits per heavy atom. The van der Waals surface area contributed by atoms with Crippen molar-refractivity contribution in [2.24, 2.45) is 0 Å². The van der Waals surface area contributed by atoms with Crippen molar-refractivity contribution in [1.82, 2.24) is 24.4 Å². The molecular formula is C30H33Cl3N6O. The summed E-state index contributed by atoms with van der Waals surface area (Å²) >= 11 is 19.0. The van der Waals surface area contributed by atoms with Crippen LogP contribution in [0.4, 0.5) is 5.82 Å². The average molecular weight is 600 g/mol. The number of aliphatic hydroxyl groups is 1. The van der Waals surface area contributed by atoms with E-state index >= 15 is 0 Å². The number of halogens is 3. The van der Waals surface area contributed by atoms with E-state index in [1.54, 1.807) is 6.33 Å². The molecule has 210 valence electrons. The third-order valence-corrected chi connectivity index (χ3v) is 9.10. The summed E-state index contributed by atoms with van der Waals surface area (Å²) in [6, 6.07) is 16.5. The van der Waals surface area contributed by atoms with E-state index in [4.69, 9.17) is 39.8 Å². The number of benzene rings is 2. The summed E-state index contributed by atoms with van der Waals surface area (Å²) in [4.78, 5) is 18.7. The largest absolute Gasteiger partial charge is 0.388 e. The second-order valence-corrected chi connectivity index (χ2v) is 12.6. The summed E-state index contributed by atoms with van der Waals surface area (Å²) in [5, 5.41) is 12.6. The highest BCUT2D eigenvalue weighted by Gasteiger charge is 2.37. The van der Waals surface area contributed by atoms with Crippen molar-refractivity contribution in [3.63, 3.8) is 0 Å². The lowest BCUT2D eigenvalue weighted by Gasteiger charge is -2.48. The van der Waals surface area contributed by atoms with Gasteiger partial charge in [-0.1, -0.05) is 60.3 Å². The quantitative estimate of drug-likeness (QED) is 0.246. The molecule has 1 saturated carbocycles. The number of rotatable bonds is 6. The Morgan fingerprint density at radius 1 is 0.875 bits per heavy atom. The molecule has 7 nitrogen and oxygen atoms in total. The molecule has 40 heavy (non-hydrogen) atoms. The molecule has 6 rings (SSSR count). The van der Waals surface area contributed by atoms with Crippen LogP contribution >= 0.6 is 34.8 Å². The minimum Gasteiger partial charge on any atom is -0.388 e. The van der Waals surface area contributed by atoms with Gasteiger partial charge in [0, 0.05) is 35.2 Å². The molecule has 0 unspecified atom stereocenters. The zero-order chi connectivity index (χ0) is 28.0. The summed E-state index contributed by atoms with van der Waals surface area (Å²) in [5.74, 6) is 0.737. The van der Waals surface area contributed by atoms with Gasteiger partial charge in [0.15, 0.2) is 17.0 Å². The van der Waals surface area contributed by atoms with E-state index in [9.17, 15) is 5.11 Å². The van der Waals surface area contributed by atoms with Gasteiger partial charge >= 0.3 is 0 Å². The number of piperazine rings is 1. The van der Waals surface area contributed by atoms with Crippen LogP contribution < -0.4 is 4.90 Å². The van der Waals surface area contributed by atoms with Crippen molar-refractivity contribution in [3.05, 3.63) is 81.3 Å². The highest BCUT2D eigenvalue weighted by molar-refractivity contribution is 6.30. The first-order valence-corrected chi connectivity index (χ1v) is 15.0. The van der Waals surface area contributed by atoms with Crippen molar-refractivity contribution in [3.8, 4) is 0 Å². The lowest BCUT2D eigenvalue weighted by molar-refractivity contribution is 0.0308. The van der Waals surface area contributed by atoms with Gasteiger partial charge < -0.3 is 14.6 Å². The van der Waals surface area contributed by atoms with Crippen molar-refractivity contribution in [2.75, 3.05) is 18.0 Å². The van der Waals surface area contributed by atoms with Crippen LogP contribution in [-0.4, -0.2) is 60.3 Å². The van der Waals surface area contributed by atoms with E-state index < -0.39 is 5.60 Å². The summed E-state index contributed by atoms with van der Waals surface area (Å²) in [5.41, 5.74) is 3.01. The zero-order valence-corrected chi connectivity index (χ0v) is 24.9. The van der Waals surface area contributed by atoms with E-state index in [2.05, 4.69) is 57.9 Å². The third kappa shape index (κ3) is 5.42. The van der Waals surface area contributed by atoms with Gasteiger partial charge in [0.1, 0.15) is 0 Å². The lowest BCUT2D eigenvalue weighted by Crippen LogP contribution is -2.57. The van der Waals surface area contributed by atoms with E-state index in [1.807, 2.05) is 28.8 Å². The van der Waals surface area contributed by atoms with E-state index in [1.165, 1.54) is 11.1 Å². The number of aromatic nitrogens is 4. The number of hydrogen-bond acceptors (Lipinski definition) is 6. The lowest BCUT2D eigenvalue weighted by atomic mass is 9.93. The maximum atomic E-state index is 11.0. The van der Waals surface area contributed by atoms with Gasteiger partial charge in [0.25, 0.3) is 0 Å². The first-order chi connectivity index (χ1) is 19.2. The molecule has 0 amide bonds. The standard InChI is InChI=1S/C30H33Cl3N6O/c1-19-16-39(28-25-27(35-29(33)36-28)37(18-34-25)17-30(40)13-3-4-14-30)20(2)15-38(19)26(21-5-9-23(31)10-6-21)22-7-11-24(32)12-8-22/h5-12,18-20,26,40H,3-4,13-17H2,1-2H3/t19-,20+/m1/s1. The molecule has 1 aliphatic carbocycles. The molecule has 2 aromatic carbocycles. The summed E-state index contributed by atoms with van der Waals surface area (Å²) in [6.45, 7) is 6.43. The van der Waals surface area contributed by atoms with Gasteiger partial charge in [-0.3, -0.25) is 4.90 Å². The fourth-order valence-corrected chi connectivity index (χ4v) is 6.81. The second kappa shape index (κ2) is 11.1. The molecule has 10 heteroatoms. The molecular weight excluding hydrogens is 567 g/mol. The number of hydrogen-bond donors (Lipinski definition) is 1. The number of fused-ring (bicyclic) bond motifs is 1. The van der Waals surface area contributed by atoms with Crippen LogP contribution in [0.5, 0.6) is 0 Å². The molecule has 1 aliphatic heterocycles. The van der Waals surface area contributed by atoms with Gasteiger partial charge in [-0.15, -0.1) is 0 Å². The van der Waals surface area contributed by atoms with Crippen molar-refractivity contribution in [1.29, 1.82) is 0 Å². The van der Waals surface area contributed by atoms with Crippen molar-refractivity contribution in [2.45, 2.75) is 69.8 Å². The van der Waals surface area contributed by atoms with Crippen molar-refractivity contribution >= 4 is 51.8 Å². The van der Waals surface area contributed by atoms with Crippen LogP contribution in [0.3, 0.4) is 0 Å². The van der Waals surface area contributed by atoms with Crippen molar-refractivity contribution < 1.29 is 5.11 Å². The SMILES string of the molecule is C[C@@H]1CN(c2nc(Cl)nc3c2ncn3CC2(O)CCCC2)[C@@H](C)CN1C(c1ccc(Cl)cc1)c1ccc(Cl)cc1. The molecule has 0 spiro atoms. The molecule has 0 radical (unpaired) electrons. The van der Waals surface area contributed by atoms with Crippen LogP contribution in [0.25, 0.3) is 11.2 Å². The highest BCUT2D eigenvalue weighted by atomic mass is 35.5. The molecule has 2 fully saturated rings. The minimum absolute atomic E-state index is 0.0366. The van der Waals surface area contributed by atoms with Crippen LogP contribution in [0, 0.1) is 0 Å². The van der Waals surface area contributed by atoms with E-state index in [0.717, 1.165) is 44.6 Å². The zero-order valence-electron chi connectivity index (χ0n) is 22.6. The average Bonchev–Trinajstić information content (AvgIpc) is 3.54. The highest BCUT2D eigenvalue weighted by Crippen LogP contribution is 2.37. The monoisotopic (exact) mass is 598 g/mol. The van der Waals surface area contributed by atoms with E-state index in [0.29, 0.717) is 27.8 Å². The molecule has 2 aliphatic rings. The van der Waals surface area contributed by atoms with Gasteiger partial charge in [-0.05, 0) is 73.7 Å². The van der Waals surface area contributed by atoms with Gasteiger partial charge in [-0.2, -0.15) is 9.97 Å². The minimum atomic E-state index is -0.725. The first-order valence-electron chi connectivity index (χ1n) is 13.8. The summed E-state index contributed by atoms with van der Waals surface area (Å²) in [6.07, 6.45) is 5.42. The predicted octanol–water partition coefficient (Wildman–Crippen LogP) is 6.78. The Morgan fingerprint density at radius 3 is 2.08 bits per heavy atom. The normalized spacial score (nSPS) is 21.5. The van der Waals surface area contributed by atoms with Crippen LogP contribution in [-0.2, 0) is 6.54 Å². The van der Waals surface area contributed by atoms with Gasteiger partial charge in [0.2, 0.25) is 5.28 Å². The summed E-state index contributed by atoms with van der Waals surface area (Å²) < 4.78 is 1.93. The maximum absolute atomic E-state index is 11.0. The Labute approximate surface area is 249 Å². The number of imidazole rings is 1. The molecule has 2 aromatic heterocycles. The first kappa shape index (κ1) is 27.7. The Balaban J connectivity index is 1.32. The smallest absolute Gasteiger partial charge is 0.226 e. The fraction of sp³-hybridized carbons (Fsp3) is 0.433. The van der Waals surface area contributed by atoms with Crippen LogP contribution in [0.1, 0.15) is 56.7 Å². The molecule has 3 heterocycles. The summed E-state index contributed by atoms with van der Waals surface area (Å²) in [7, 11) is 0. The topological polar surface area (TPSA) is 70.3 Å². The van der Waals surface area contributed by atoms with E-state index in [-0.39, 0.29) is 23.4 Å². The maximum Gasteiger partial charge on any atom is 0.226 e. The predicted molar refractivity (Wildman–Crippen MR) is 161 cm³/mol. The number of anilines is 1. The number of nitrogens with zero attached hydrogens (tertiary/aromatic N) is 6. The Bertz CT molecular complexity index is 1440. The third-order valence-electron chi connectivity index (χ3n) is 8.43. The fourth-order valence-electron chi connectivity index (χ4n) is 6.40. The second-order valence-electron chi connectivity index (χ2n) is 11.3. The molecule has 0 bridgehead atoms. The molecule has 1 N–H and O–H groups in total. The Kier molecular flexibility index (Phi) is 7.70.